The van der Waals surface area contributed by atoms with E-state index >= 15 is 0 Å². The Morgan fingerprint density at radius 3 is 2.76 bits per heavy atom. The van der Waals surface area contributed by atoms with E-state index in [4.69, 9.17) is 9.47 Å². The minimum Gasteiger partial charge on any atom is -0.468 e. The Bertz CT molecular complexity index is 354. The number of hydrogen-bond donors (Lipinski definition) is 0. The zero-order valence-electron chi connectivity index (χ0n) is 13.3. The fourth-order valence-electron chi connectivity index (χ4n) is 4.57. The molecule has 0 spiro atoms. The minimum atomic E-state index is -0.0334. The lowest BCUT2D eigenvalue weighted by atomic mass is 9.84. The van der Waals surface area contributed by atoms with E-state index in [1.165, 1.54) is 52.1 Å². The maximum absolute atomic E-state index is 12.1. The molecule has 0 aromatic rings. The maximum Gasteiger partial charge on any atom is 0.323 e. The van der Waals surface area contributed by atoms with Crippen molar-refractivity contribution in [3.63, 3.8) is 0 Å². The van der Waals surface area contributed by atoms with Crippen LogP contribution in [0.5, 0.6) is 0 Å². The molecule has 0 N–H and O–H groups in total. The Labute approximate surface area is 128 Å². The first-order valence-electron chi connectivity index (χ1n) is 8.74. The van der Waals surface area contributed by atoms with Gasteiger partial charge in [-0.1, -0.05) is 12.8 Å². The smallest absolute Gasteiger partial charge is 0.323 e. The van der Waals surface area contributed by atoms with Crippen molar-refractivity contribution in [1.29, 1.82) is 0 Å². The Morgan fingerprint density at radius 1 is 1.19 bits per heavy atom. The molecule has 3 fully saturated rings. The molecule has 0 unspecified atom stereocenters. The van der Waals surface area contributed by atoms with Gasteiger partial charge in [-0.3, -0.25) is 9.69 Å². The van der Waals surface area contributed by atoms with Crippen molar-refractivity contribution in [1.82, 2.24) is 4.90 Å². The van der Waals surface area contributed by atoms with Crippen LogP contribution in [0.2, 0.25) is 0 Å². The number of nitrogens with zero attached hydrogens (tertiary/aromatic N) is 1. The molecule has 0 aromatic heterocycles. The summed E-state index contributed by atoms with van der Waals surface area (Å²) in [6.07, 6.45) is 11.3. The van der Waals surface area contributed by atoms with Gasteiger partial charge in [0.05, 0.1) is 13.2 Å². The average molecular weight is 295 g/mol. The largest absolute Gasteiger partial charge is 0.468 e. The number of likely N-dealkylation sites (tertiary alicyclic amines) is 1. The third kappa shape index (κ3) is 3.42. The molecule has 0 amide bonds. The molecule has 2 heterocycles. The highest BCUT2D eigenvalue weighted by Gasteiger charge is 2.45. The van der Waals surface area contributed by atoms with E-state index in [9.17, 15) is 4.79 Å². The number of carbonyl (C=O) groups is 1. The fraction of sp³-hybridized carbons (Fsp3) is 0.941. The van der Waals surface area contributed by atoms with Crippen LogP contribution in [0.3, 0.4) is 0 Å². The van der Waals surface area contributed by atoms with Gasteiger partial charge in [-0.15, -0.1) is 0 Å². The Balaban J connectivity index is 1.61. The second-order valence-electron chi connectivity index (χ2n) is 6.90. The van der Waals surface area contributed by atoms with E-state index in [0.717, 1.165) is 26.0 Å². The monoisotopic (exact) mass is 295 g/mol. The van der Waals surface area contributed by atoms with Gasteiger partial charge in [-0.05, 0) is 50.9 Å². The van der Waals surface area contributed by atoms with E-state index in [1.54, 1.807) is 0 Å². The van der Waals surface area contributed by atoms with Gasteiger partial charge in [-0.25, -0.2) is 0 Å². The summed E-state index contributed by atoms with van der Waals surface area (Å²) in [5.74, 6) is 0.670. The van der Waals surface area contributed by atoms with Crippen LogP contribution < -0.4 is 0 Å². The zero-order chi connectivity index (χ0) is 14.7. The summed E-state index contributed by atoms with van der Waals surface area (Å²) < 4.78 is 10.9. The first kappa shape index (κ1) is 15.3. The van der Waals surface area contributed by atoms with E-state index in [1.807, 2.05) is 0 Å². The van der Waals surface area contributed by atoms with Crippen LogP contribution in [0, 0.1) is 5.92 Å². The SMILES string of the molecule is COC(=O)[C@@H]1C[C@@H]2CCCC[C@H]2N1CC[C@H]1CCCCO1. The van der Waals surface area contributed by atoms with Gasteiger partial charge in [0.2, 0.25) is 0 Å². The van der Waals surface area contributed by atoms with Crippen LogP contribution in [-0.2, 0) is 14.3 Å². The molecule has 0 bridgehead atoms. The minimum absolute atomic E-state index is 0.00769. The van der Waals surface area contributed by atoms with Crippen molar-refractivity contribution >= 4 is 5.97 Å². The van der Waals surface area contributed by atoms with Gasteiger partial charge in [0.15, 0.2) is 0 Å². The van der Waals surface area contributed by atoms with Crippen LogP contribution >= 0.6 is 0 Å². The maximum atomic E-state index is 12.1. The highest BCUT2D eigenvalue weighted by Crippen LogP contribution is 2.40. The third-order valence-corrected chi connectivity index (χ3v) is 5.68. The summed E-state index contributed by atoms with van der Waals surface area (Å²) >= 11 is 0. The normalized spacial score (nSPS) is 37.2. The van der Waals surface area contributed by atoms with Crippen molar-refractivity contribution in [2.45, 2.75) is 76.0 Å². The molecule has 2 saturated heterocycles. The third-order valence-electron chi connectivity index (χ3n) is 5.68. The number of ether oxygens (including phenoxy) is 2. The summed E-state index contributed by atoms with van der Waals surface area (Å²) in [6.45, 7) is 1.91. The number of rotatable bonds is 4. The topological polar surface area (TPSA) is 38.8 Å². The molecule has 1 aliphatic carbocycles. The lowest BCUT2D eigenvalue weighted by Crippen LogP contribution is -2.44. The number of fused-ring (bicyclic) bond motifs is 1. The quantitative estimate of drug-likeness (QED) is 0.748. The summed E-state index contributed by atoms with van der Waals surface area (Å²) in [5.41, 5.74) is 0. The molecule has 1 saturated carbocycles. The van der Waals surface area contributed by atoms with Crippen molar-refractivity contribution in [2.75, 3.05) is 20.3 Å². The van der Waals surface area contributed by atoms with Gasteiger partial charge >= 0.3 is 5.97 Å². The number of carbonyl (C=O) groups excluding carboxylic acids is 1. The van der Waals surface area contributed by atoms with E-state index in [-0.39, 0.29) is 12.0 Å². The fourth-order valence-corrected chi connectivity index (χ4v) is 4.57. The summed E-state index contributed by atoms with van der Waals surface area (Å²) in [5, 5.41) is 0. The van der Waals surface area contributed by atoms with Gasteiger partial charge in [0.25, 0.3) is 0 Å². The van der Waals surface area contributed by atoms with Crippen LogP contribution in [0.25, 0.3) is 0 Å². The van der Waals surface area contributed by atoms with Crippen LogP contribution in [0.1, 0.15) is 57.8 Å². The highest BCUT2D eigenvalue weighted by molar-refractivity contribution is 5.76. The molecule has 4 heteroatoms. The molecule has 120 valence electrons. The predicted molar refractivity (Wildman–Crippen MR) is 81.1 cm³/mol. The first-order chi connectivity index (χ1) is 10.3. The van der Waals surface area contributed by atoms with Gasteiger partial charge < -0.3 is 9.47 Å². The van der Waals surface area contributed by atoms with Crippen molar-refractivity contribution < 1.29 is 14.3 Å². The van der Waals surface area contributed by atoms with Gasteiger partial charge in [0.1, 0.15) is 6.04 Å². The van der Waals surface area contributed by atoms with Crippen molar-refractivity contribution in [3.8, 4) is 0 Å². The molecule has 0 aromatic carbocycles. The molecule has 4 nitrogen and oxygen atoms in total. The van der Waals surface area contributed by atoms with Crippen LogP contribution in [-0.4, -0.2) is 49.3 Å². The first-order valence-corrected chi connectivity index (χ1v) is 8.74. The molecular weight excluding hydrogens is 266 g/mol. The summed E-state index contributed by atoms with van der Waals surface area (Å²) in [6, 6.07) is 0.595. The van der Waals surface area contributed by atoms with E-state index < -0.39 is 0 Å². The lowest BCUT2D eigenvalue weighted by molar-refractivity contribution is -0.146. The van der Waals surface area contributed by atoms with Crippen molar-refractivity contribution in [3.05, 3.63) is 0 Å². The second-order valence-corrected chi connectivity index (χ2v) is 6.90. The molecular formula is C17H29NO3. The van der Waals surface area contributed by atoms with Crippen molar-refractivity contribution in [2.24, 2.45) is 5.92 Å². The van der Waals surface area contributed by atoms with E-state index in [2.05, 4.69) is 4.90 Å². The number of esters is 1. The Hall–Kier alpha value is -0.610. The molecule has 0 radical (unpaired) electrons. The second kappa shape index (κ2) is 7.10. The standard InChI is InChI=1S/C17H29NO3/c1-20-17(19)16-12-13-6-2-3-8-15(13)18(16)10-9-14-7-4-5-11-21-14/h13-16H,2-12H2,1H3/t13-,14+,15+,16-/m0/s1. The lowest BCUT2D eigenvalue weighted by Gasteiger charge is -2.34. The number of methoxy groups -OCH3 is 1. The molecule has 3 rings (SSSR count). The Kier molecular flexibility index (Phi) is 5.17. The molecule has 4 atom stereocenters. The predicted octanol–water partition coefficient (Wildman–Crippen LogP) is 2.75. The van der Waals surface area contributed by atoms with Crippen LogP contribution in [0.15, 0.2) is 0 Å². The van der Waals surface area contributed by atoms with Crippen LogP contribution in [0.4, 0.5) is 0 Å². The van der Waals surface area contributed by atoms with Gasteiger partial charge in [0, 0.05) is 19.2 Å². The average Bonchev–Trinajstić information content (AvgIpc) is 2.92. The van der Waals surface area contributed by atoms with Gasteiger partial charge in [-0.2, -0.15) is 0 Å². The highest BCUT2D eigenvalue weighted by atomic mass is 16.5. The summed E-state index contributed by atoms with van der Waals surface area (Å²) in [7, 11) is 1.52. The zero-order valence-corrected chi connectivity index (χ0v) is 13.3. The molecule has 2 aliphatic heterocycles. The molecule has 3 aliphatic rings. The van der Waals surface area contributed by atoms with E-state index in [0.29, 0.717) is 18.1 Å². The Morgan fingerprint density at radius 2 is 2.00 bits per heavy atom. The molecule has 21 heavy (non-hydrogen) atoms. The number of hydrogen-bond acceptors (Lipinski definition) is 4. The summed E-state index contributed by atoms with van der Waals surface area (Å²) in [4.78, 5) is 14.6.